The molecule has 2 aromatic rings. The van der Waals surface area contributed by atoms with Crippen LogP contribution in [0.1, 0.15) is 25.0 Å². The standard InChI is InChI=1S/C17H19BrClN/c1-13(2)20(11-14-6-4-3-5-7-14)12-15-8-9-16(18)10-17(15)19/h3-10,13H,11-12H2,1-2H3. The lowest BCUT2D eigenvalue weighted by atomic mass is 10.1. The van der Waals surface area contributed by atoms with Gasteiger partial charge in [0.1, 0.15) is 0 Å². The van der Waals surface area contributed by atoms with Gasteiger partial charge in [0.25, 0.3) is 0 Å². The molecule has 0 saturated carbocycles. The minimum absolute atomic E-state index is 0.468. The maximum Gasteiger partial charge on any atom is 0.0462 e. The van der Waals surface area contributed by atoms with Gasteiger partial charge in [0.15, 0.2) is 0 Å². The third-order valence-electron chi connectivity index (χ3n) is 3.35. The van der Waals surface area contributed by atoms with Crippen LogP contribution in [0.3, 0.4) is 0 Å². The minimum atomic E-state index is 0.468. The summed E-state index contributed by atoms with van der Waals surface area (Å²) in [5.74, 6) is 0. The van der Waals surface area contributed by atoms with Gasteiger partial charge in [-0.15, -0.1) is 0 Å². The molecule has 20 heavy (non-hydrogen) atoms. The Hall–Kier alpha value is -0.830. The molecule has 0 heterocycles. The highest BCUT2D eigenvalue weighted by Gasteiger charge is 2.12. The van der Waals surface area contributed by atoms with Crippen LogP contribution in [-0.2, 0) is 13.1 Å². The third-order valence-corrected chi connectivity index (χ3v) is 4.19. The molecule has 0 amide bonds. The predicted molar refractivity (Wildman–Crippen MR) is 90.0 cm³/mol. The van der Waals surface area contributed by atoms with Gasteiger partial charge < -0.3 is 0 Å². The van der Waals surface area contributed by atoms with Crippen molar-refractivity contribution in [2.24, 2.45) is 0 Å². The zero-order chi connectivity index (χ0) is 14.5. The molecule has 0 spiro atoms. The van der Waals surface area contributed by atoms with Gasteiger partial charge in [0.2, 0.25) is 0 Å². The van der Waals surface area contributed by atoms with Crippen LogP contribution in [0.25, 0.3) is 0 Å². The molecular weight excluding hydrogens is 334 g/mol. The number of hydrogen-bond donors (Lipinski definition) is 0. The van der Waals surface area contributed by atoms with Gasteiger partial charge >= 0.3 is 0 Å². The topological polar surface area (TPSA) is 3.24 Å². The molecule has 0 bridgehead atoms. The number of rotatable bonds is 5. The summed E-state index contributed by atoms with van der Waals surface area (Å²) < 4.78 is 1.02. The molecule has 2 aromatic carbocycles. The molecular formula is C17H19BrClN. The summed E-state index contributed by atoms with van der Waals surface area (Å²) in [4.78, 5) is 2.42. The lowest BCUT2D eigenvalue weighted by Crippen LogP contribution is -2.29. The van der Waals surface area contributed by atoms with Gasteiger partial charge in [-0.05, 0) is 37.1 Å². The van der Waals surface area contributed by atoms with Gasteiger partial charge in [0.05, 0.1) is 0 Å². The maximum absolute atomic E-state index is 6.32. The summed E-state index contributed by atoms with van der Waals surface area (Å²) in [6.07, 6.45) is 0. The quantitative estimate of drug-likeness (QED) is 0.685. The van der Waals surface area contributed by atoms with Gasteiger partial charge in [-0.2, -0.15) is 0 Å². The summed E-state index contributed by atoms with van der Waals surface area (Å²) in [5, 5.41) is 0.818. The highest BCUT2D eigenvalue weighted by molar-refractivity contribution is 9.10. The molecule has 0 aromatic heterocycles. The second-order valence-corrected chi connectivity index (χ2v) is 6.54. The zero-order valence-electron chi connectivity index (χ0n) is 11.8. The first-order valence-corrected chi connectivity index (χ1v) is 7.95. The van der Waals surface area contributed by atoms with Crippen molar-refractivity contribution in [2.75, 3.05) is 0 Å². The van der Waals surface area contributed by atoms with E-state index in [1.165, 1.54) is 11.1 Å². The smallest absolute Gasteiger partial charge is 0.0462 e. The highest BCUT2D eigenvalue weighted by atomic mass is 79.9. The maximum atomic E-state index is 6.32. The van der Waals surface area contributed by atoms with E-state index in [1.54, 1.807) is 0 Å². The Morgan fingerprint density at radius 1 is 1.05 bits per heavy atom. The van der Waals surface area contributed by atoms with E-state index in [0.29, 0.717) is 6.04 Å². The Kier molecular flexibility index (Phi) is 5.64. The Morgan fingerprint density at radius 2 is 1.75 bits per heavy atom. The average molecular weight is 353 g/mol. The fourth-order valence-corrected chi connectivity index (χ4v) is 2.84. The number of benzene rings is 2. The summed E-state index contributed by atoms with van der Waals surface area (Å²) in [7, 11) is 0. The number of halogens is 2. The van der Waals surface area contributed by atoms with Crippen molar-refractivity contribution < 1.29 is 0 Å². The zero-order valence-corrected chi connectivity index (χ0v) is 14.2. The van der Waals surface area contributed by atoms with E-state index in [1.807, 2.05) is 12.1 Å². The molecule has 0 fully saturated rings. The molecule has 0 atom stereocenters. The van der Waals surface area contributed by atoms with Gasteiger partial charge in [-0.3, -0.25) is 4.90 Å². The van der Waals surface area contributed by atoms with E-state index >= 15 is 0 Å². The van der Waals surface area contributed by atoms with Crippen LogP contribution in [0, 0.1) is 0 Å². The summed E-state index contributed by atoms with van der Waals surface area (Å²) in [5.41, 5.74) is 2.49. The van der Waals surface area contributed by atoms with Crippen LogP contribution < -0.4 is 0 Å². The second-order valence-electron chi connectivity index (χ2n) is 5.22. The summed E-state index contributed by atoms with van der Waals surface area (Å²) >= 11 is 9.77. The van der Waals surface area contributed by atoms with E-state index in [-0.39, 0.29) is 0 Å². The van der Waals surface area contributed by atoms with Crippen LogP contribution in [0.2, 0.25) is 5.02 Å². The van der Waals surface area contributed by atoms with Crippen molar-refractivity contribution in [3.63, 3.8) is 0 Å². The van der Waals surface area contributed by atoms with Crippen LogP contribution in [0.15, 0.2) is 53.0 Å². The second kappa shape index (κ2) is 7.26. The Labute approximate surface area is 134 Å². The monoisotopic (exact) mass is 351 g/mol. The molecule has 0 unspecified atom stereocenters. The Morgan fingerprint density at radius 3 is 2.35 bits per heavy atom. The minimum Gasteiger partial charge on any atom is -0.292 e. The van der Waals surface area contributed by atoms with Crippen LogP contribution in [-0.4, -0.2) is 10.9 Å². The molecule has 0 N–H and O–H groups in total. The fraction of sp³-hybridized carbons (Fsp3) is 0.294. The molecule has 106 valence electrons. The first-order chi connectivity index (χ1) is 9.56. The first-order valence-electron chi connectivity index (χ1n) is 6.78. The van der Waals surface area contributed by atoms with Gasteiger partial charge in [0, 0.05) is 28.6 Å². The van der Waals surface area contributed by atoms with Gasteiger partial charge in [-0.25, -0.2) is 0 Å². The molecule has 0 aliphatic rings. The Balaban J connectivity index is 2.13. The summed E-state index contributed by atoms with van der Waals surface area (Å²) in [6.45, 7) is 6.23. The number of hydrogen-bond acceptors (Lipinski definition) is 1. The van der Waals surface area contributed by atoms with Crippen molar-refractivity contribution in [1.29, 1.82) is 0 Å². The molecule has 0 aliphatic carbocycles. The largest absolute Gasteiger partial charge is 0.292 e. The first kappa shape index (κ1) is 15.6. The van der Waals surface area contributed by atoms with E-state index < -0.39 is 0 Å². The molecule has 1 nitrogen and oxygen atoms in total. The molecule has 3 heteroatoms. The lowest BCUT2D eigenvalue weighted by Gasteiger charge is -2.27. The van der Waals surface area contributed by atoms with Crippen molar-refractivity contribution in [3.05, 3.63) is 69.2 Å². The summed E-state index contributed by atoms with van der Waals surface area (Å²) in [6, 6.07) is 17.1. The molecule has 0 saturated heterocycles. The van der Waals surface area contributed by atoms with E-state index in [0.717, 1.165) is 22.6 Å². The van der Waals surface area contributed by atoms with Crippen molar-refractivity contribution in [2.45, 2.75) is 33.0 Å². The van der Waals surface area contributed by atoms with E-state index in [2.05, 4.69) is 71.1 Å². The fourth-order valence-electron chi connectivity index (χ4n) is 2.11. The molecule has 2 rings (SSSR count). The molecule has 0 aliphatic heterocycles. The molecule has 0 radical (unpaired) electrons. The van der Waals surface area contributed by atoms with Crippen molar-refractivity contribution in [1.82, 2.24) is 4.90 Å². The number of nitrogens with zero attached hydrogens (tertiary/aromatic N) is 1. The highest BCUT2D eigenvalue weighted by Crippen LogP contribution is 2.24. The lowest BCUT2D eigenvalue weighted by molar-refractivity contribution is 0.204. The average Bonchev–Trinajstić information content (AvgIpc) is 2.42. The van der Waals surface area contributed by atoms with Crippen LogP contribution in [0.4, 0.5) is 0 Å². The Bertz CT molecular complexity index is 554. The van der Waals surface area contributed by atoms with Crippen molar-refractivity contribution in [3.8, 4) is 0 Å². The normalized spacial score (nSPS) is 11.3. The van der Waals surface area contributed by atoms with Gasteiger partial charge in [-0.1, -0.05) is 63.9 Å². The SMILES string of the molecule is CC(C)N(Cc1ccccc1)Cc1ccc(Br)cc1Cl. The van der Waals surface area contributed by atoms with Crippen LogP contribution >= 0.6 is 27.5 Å². The van der Waals surface area contributed by atoms with Crippen LogP contribution in [0.5, 0.6) is 0 Å². The third kappa shape index (κ3) is 4.34. The van der Waals surface area contributed by atoms with Crippen molar-refractivity contribution >= 4 is 27.5 Å². The van der Waals surface area contributed by atoms with E-state index in [4.69, 9.17) is 11.6 Å². The predicted octanol–water partition coefficient (Wildman–Crippen LogP) is 5.51. The van der Waals surface area contributed by atoms with E-state index in [9.17, 15) is 0 Å².